The van der Waals surface area contributed by atoms with Crippen molar-refractivity contribution < 1.29 is 14.3 Å². The number of aromatic nitrogens is 1. The molecule has 0 aliphatic heterocycles. The average molecular weight is 294 g/mol. The van der Waals surface area contributed by atoms with E-state index in [1.807, 2.05) is 17.3 Å². The Morgan fingerprint density at radius 3 is 2.70 bits per heavy atom. The molecule has 0 fully saturated rings. The minimum Gasteiger partial charge on any atom is -0.481 e. The summed E-state index contributed by atoms with van der Waals surface area (Å²) in [4.78, 5) is 17.1. The Morgan fingerprint density at radius 2 is 2.10 bits per heavy atom. The highest BCUT2D eigenvalue weighted by atomic mass is 32.1. The smallest absolute Gasteiger partial charge is 0.308 e. The van der Waals surface area contributed by atoms with Gasteiger partial charge in [-0.1, -0.05) is 6.92 Å². The number of carboxylic acid groups (broad SMARTS) is 1. The van der Waals surface area contributed by atoms with Crippen molar-refractivity contribution >= 4 is 22.4 Å². The van der Waals surface area contributed by atoms with Gasteiger partial charge in [0.25, 0.3) is 0 Å². The van der Waals surface area contributed by atoms with Gasteiger partial charge in [0, 0.05) is 24.5 Å². The third-order valence-electron chi connectivity index (χ3n) is 2.93. The second kappa shape index (κ2) is 6.00. The number of carbonyl (C=O) groups is 1. The van der Waals surface area contributed by atoms with E-state index in [9.17, 15) is 9.18 Å². The number of halogens is 1. The predicted octanol–water partition coefficient (Wildman–Crippen LogP) is 3.11. The molecule has 0 spiro atoms. The van der Waals surface area contributed by atoms with Crippen molar-refractivity contribution in [3.63, 3.8) is 0 Å². The van der Waals surface area contributed by atoms with Crippen molar-refractivity contribution in [1.29, 1.82) is 0 Å². The number of benzene rings is 1. The number of hydrogen-bond acceptors (Lipinski definition) is 4. The summed E-state index contributed by atoms with van der Waals surface area (Å²) in [5.41, 5.74) is 1.61. The molecule has 1 heterocycles. The summed E-state index contributed by atoms with van der Waals surface area (Å²) in [5, 5.41) is 11.5. The summed E-state index contributed by atoms with van der Waals surface area (Å²) in [6.07, 6.45) is 0. The fraction of sp³-hybridized carbons (Fsp3) is 0.286. The van der Waals surface area contributed by atoms with Gasteiger partial charge in [-0.3, -0.25) is 4.79 Å². The summed E-state index contributed by atoms with van der Waals surface area (Å²) >= 11 is 1.44. The van der Waals surface area contributed by atoms with Crippen molar-refractivity contribution in [3.05, 3.63) is 35.5 Å². The lowest BCUT2D eigenvalue weighted by Gasteiger charge is -2.17. The molecule has 6 heteroatoms. The van der Waals surface area contributed by atoms with E-state index in [2.05, 4.69) is 4.98 Å². The predicted molar refractivity (Wildman–Crippen MR) is 77.6 cm³/mol. The number of rotatable bonds is 5. The Morgan fingerprint density at radius 1 is 1.45 bits per heavy atom. The first-order chi connectivity index (χ1) is 9.47. The summed E-state index contributed by atoms with van der Waals surface area (Å²) in [7, 11) is 1.81. The maximum absolute atomic E-state index is 12.9. The Kier molecular flexibility index (Phi) is 4.34. The molecule has 0 aliphatic rings. The maximum Gasteiger partial charge on any atom is 0.308 e. The van der Waals surface area contributed by atoms with Gasteiger partial charge in [0.2, 0.25) is 0 Å². The van der Waals surface area contributed by atoms with Crippen molar-refractivity contribution in [2.45, 2.75) is 6.92 Å². The normalized spacial score (nSPS) is 12.2. The molecule has 0 bridgehead atoms. The van der Waals surface area contributed by atoms with Crippen LogP contribution in [0.2, 0.25) is 0 Å². The van der Waals surface area contributed by atoms with Crippen LogP contribution in [-0.2, 0) is 4.79 Å². The summed E-state index contributed by atoms with van der Waals surface area (Å²) < 4.78 is 12.9. The lowest BCUT2D eigenvalue weighted by Crippen LogP contribution is -2.28. The van der Waals surface area contributed by atoms with E-state index in [1.54, 1.807) is 19.1 Å². The van der Waals surface area contributed by atoms with E-state index in [1.165, 1.54) is 23.5 Å². The van der Waals surface area contributed by atoms with Gasteiger partial charge in [0.05, 0.1) is 11.6 Å². The van der Waals surface area contributed by atoms with Crippen molar-refractivity contribution in [2.75, 3.05) is 18.5 Å². The van der Waals surface area contributed by atoms with E-state index in [0.717, 1.165) is 16.4 Å². The highest BCUT2D eigenvalue weighted by molar-refractivity contribution is 7.14. The van der Waals surface area contributed by atoms with Gasteiger partial charge in [-0.05, 0) is 24.3 Å². The third kappa shape index (κ3) is 3.33. The lowest BCUT2D eigenvalue weighted by atomic mass is 10.2. The van der Waals surface area contributed by atoms with E-state index in [0.29, 0.717) is 6.54 Å². The minimum atomic E-state index is -0.827. The van der Waals surface area contributed by atoms with Crippen LogP contribution in [0.5, 0.6) is 0 Å². The molecule has 2 aromatic rings. The molecular formula is C14H15FN2O2S. The van der Waals surface area contributed by atoms with Crippen LogP contribution in [-0.4, -0.2) is 29.7 Å². The third-order valence-corrected chi connectivity index (χ3v) is 3.88. The van der Waals surface area contributed by atoms with Crippen LogP contribution in [0, 0.1) is 11.7 Å². The van der Waals surface area contributed by atoms with Crippen LogP contribution in [0.4, 0.5) is 9.52 Å². The average Bonchev–Trinajstić information content (AvgIpc) is 2.89. The zero-order valence-corrected chi connectivity index (χ0v) is 12.0. The monoisotopic (exact) mass is 294 g/mol. The number of nitrogens with zero attached hydrogens (tertiary/aromatic N) is 2. The van der Waals surface area contributed by atoms with Crippen LogP contribution in [0.1, 0.15) is 6.92 Å². The number of anilines is 1. The molecule has 1 unspecified atom stereocenters. The van der Waals surface area contributed by atoms with E-state index < -0.39 is 11.9 Å². The molecule has 0 saturated carbocycles. The van der Waals surface area contributed by atoms with E-state index in [-0.39, 0.29) is 5.82 Å². The molecule has 0 radical (unpaired) electrons. The Balaban J connectivity index is 2.12. The Hall–Kier alpha value is -1.95. The number of thiazole rings is 1. The summed E-state index contributed by atoms with van der Waals surface area (Å²) in [5.74, 6) is -1.57. The van der Waals surface area contributed by atoms with E-state index in [4.69, 9.17) is 5.11 Å². The molecule has 4 nitrogen and oxygen atoms in total. The van der Waals surface area contributed by atoms with Gasteiger partial charge in [-0.2, -0.15) is 0 Å². The quantitative estimate of drug-likeness (QED) is 0.920. The Labute approximate surface area is 120 Å². The molecule has 20 heavy (non-hydrogen) atoms. The second-order valence-electron chi connectivity index (χ2n) is 4.64. The van der Waals surface area contributed by atoms with Gasteiger partial charge < -0.3 is 10.0 Å². The lowest BCUT2D eigenvalue weighted by molar-refractivity contribution is -0.140. The van der Waals surface area contributed by atoms with Crippen molar-refractivity contribution in [2.24, 2.45) is 5.92 Å². The van der Waals surface area contributed by atoms with Crippen LogP contribution < -0.4 is 4.90 Å². The maximum atomic E-state index is 12.9. The van der Waals surface area contributed by atoms with Gasteiger partial charge in [-0.15, -0.1) is 11.3 Å². The standard InChI is InChI=1S/C14H15FN2O2S/c1-9(13(18)19)7-17(2)14-16-12(8-20-14)10-3-5-11(15)6-4-10/h3-6,8-9H,7H2,1-2H3,(H,18,19). The minimum absolute atomic E-state index is 0.281. The number of aliphatic carboxylic acids is 1. The van der Waals surface area contributed by atoms with Crippen LogP contribution in [0.3, 0.4) is 0 Å². The highest BCUT2D eigenvalue weighted by Gasteiger charge is 2.16. The fourth-order valence-corrected chi connectivity index (χ4v) is 2.57. The van der Waals surface area contributed by atoms with Crippen LogP contribution in [0.25, 0.3) is 11.3 Å². The molecule has 1 atom stereocenters. The van der Waals surface area contributed by atoms with Crippen LogP contribution >= 0.6 is 11.3 Å². The SMILES string of the molecule is CC(CN(C)c1nc(-c2ccc(F)cc2)cs1)C(=O)O. The molecular weight excluding hydrogens is 279 g/mol. The number of hydrogen-bond donors (Lipinski definition) is 1. The second-order valence-corrected chi connectivity index (χ2v) is 5.48. The molecule has 0 amide bonds. The highest BCUT2D eigenvalue weighted by Crippen LogP contribution is 2.27. The Bertz CT molecular complexity index is 597. The molecule has 106 valence electrons. The van der Waals surface area contributed by atoms with Gasteiger partial charge in [0.15, 0.2) is 5.13 Å². The van der Waals surface area contributed by atoms with E-state index >= 15 is 0 Å². The number of carboxylic acids is 1. The van der Waals surface area contributed by atoms with Crippen molar-refractivity contribution in [3.8, 4) is 11.3 Å². The molecule has 0 aliphatic carbocycles. The van der Waals surface area contributed by atoms with Gasteiger partial charge in [0.1, 0.15) is 5.82 Å². The zero-order valence-electron chi connectivity index (χ0n) is 11.2. The topological polar surface area (TPSA) is 53.4 Å². The largest absolute Gasteiger partial charge is 0.481 e. The molecule has 1 N–H and O–H groups in total. The van der Waals surface area contributed by atoms with Gasteiger partial charge in [-0.25, -0.2) is 9.37 Å². The first kappa shape index (κ1) is 14.5. The zero-order chi connectivity index (χ0) is 14.7. The molecule has 2 rings (SSSR count). The first-order valence-electron chi connectivity index (χ1n) is 6.13. The van der Waals surface area contributed by atoms with Gasteiger partial charge >= 0.3 is 5.97 Å². The summed E-state index contributed by atoms with van der Waals surface area (Å²) in [6.45, 7) is 2.05. The first-order valence-corrected chi connectivity index (χ1v) is 7.00. The molecule has 0 saturated heterocycles. The van der Waals surface area contributed by atoms with Crippen LogP contribution in [0.15, 0.2) is 29.6 Å². The molecule has 1 aromatic heterocycles. The fourth-order valence-electron chi connectivity index (χ4n) is 1.76. The summed E-state index contributed by atoms with van der Waals surface area (Å²) in [6, 6.07) is 6.14. The molecule has 1 aromatic carbocycles. The van der Waals surface area contributed by atoms with Crippen molar-refractivity contribution in [1.82, 2.24) is 4.98 Å².